The summed E-state index contributed by atoms with van der Waals surface area (Å²) in [6.07, 6.45) is 2.28. The van der Waals surface area contributed by atoms with E-state index >= 15 is 0 Å². The zero-order valence-electron chi connectivity index (χ0n) is 10.6. The first-order valence-electron chi connectivity index (χ1n) is 5.65. The number of carbonyl (C=O) groups is 1. The molecule has 0 fully saturated rings. The van der Waals surface area contributed by atoms with Gasteiger partial charge in [-0.1, -0.05) is 6.92 Å². The van der Waals surface area contributed by atoms with Crippen molar-refractivity contribution in [2.24, 2.45) is 0 Å². The first-order chi connectivity index (χ1) is 9.08. The van der Waals surface area contributed by atoms with Gasteiger partial charge >= 0.3 is 5.97 Å². The summed E-state index contributed by atoms with van der Waals surface area (Å²) in [5.41, 5.74) is 6.09. The minimum Gasteiger partial charge on any atom is -0.464 e. The number of aryl methyl sites for hydroxylation is 1. The molecule has 2 N–H and O–H groups in total. The lowest BCUT2D eigenvalue weighted by molar-refractivity contribution is 0.0596. The van der Waals surface area contributed by atoms with E-state index in [1.54, 1.807) is 16.8 Å². The number of aromatic nitrogens is 3. The molecule has 2 rings (SSSR count). The maximum absolute atomic E-state index is 11.6. The smallest absolute Gasteiger partial charge is 0.360 e. The van der Waals surface area contributed by atoms with Crippen LogP contribution in [0.25, 0.3) is 5.82 Å². The Hall–Kier alpha value is -1.89. The molecule has 0 unspecified atom stereocenters. The van der Waals surface area contributed by atoms with Gasteiger partial charge in [-0.15, -0.1) is 0 Å². The Labute approximate surface area is 118 Å². The van der Waals surface area contributed by atoms with E-state index in [-0.39, 0.29) is 11.5 Å². The van der Waals surface area contributed by atoms with Crippen molar-refractivity contribution in [1.29, 1.82) is 0 Å². The molecule has 2 aromatic heterocycles. The molecule has 0 saturated carbocycles. The number of nitrogens with two attached hydrogens (primary N) is 1. The second-order valence-corrected chi connectivity index (χ2v) is 4.69. The largest absolute Gasteiger partial charge is 0.464 e. The Bertz CT molecular complexity index is 607. The Morgan fingerprint density at radius 3 is 2.79 bits per heavy atom. The predicted octanol–water partition coefficient (Wildman–Crippen LogP) is 1.96. The van der Waals surface area contributed by atoms with Crippen LogP contribution in [0.3, 0.4) is 0 Å². The maximum Gasteiger partial charge on any atom is 0.360 e. The molecule has 0 atom stereocenters. The monoisotopic (exact) mass is 324 g/mol. The fraction of sp³-hybridized carbons (Fsp3) is 0.250. The highest BCUT2D eigenvalue weighted by Gasteiger charge is 2.21. The van der Waals surface area contributed by atoms with Crippen LogP contribution in [-0.4, -0.2) is 27.6 Å². The third-order valence-corrected chi connectivity index (χ3v) is 3.09. The number of pyridine rings is 1. The van der Waals surface area contributed by atoms with E-state index in [2.05, 4.69) is 30.6 Å². The average Bonchev–Trinajstić information content (AvgIpc) is 2.76. The summed E-state index contributed by atoms with van der Waals surface area (Å²) in [5.74, 6) is 0.953. The Morgan fingerprint density at radius 2 is 2.26 bits per heavy atom. The van der Waals surface area contributed by atoms with Gasteiger partial charge in [-0.2, -0.15) is 0 Å². The van der Waals surface area contributed by atoms with Crippen molar-refractivity contribution in [3.63, 3.8) is 0 Å². The van der Waals surface area contributed by atoms with E-state index in [1.165, 1.54) is 7.11 Å². The van der Waals surface area contributed by atoms with Gasteiger partial charge in [0.15, 0.2) is 5.69 Å². The number of nitrogens with zero attached hydrogens (tertiary/aromatic N) is 3. The molecule has 7 heteroatoms. The van der Waals surface area contributed by atoms with Gasteiger partial charge < -0.3 is 10.5 Å². The van der Waals surface area contributed by atoms with E-state index in [4.69, 9.17) is 5.73 Å². The third-order valence-electron chi connectivity index (χ3n) is 2.62. The molecule has 0 aliphatic rings. The highest BCUT2D eigenvalue weighted by atomic mass is 79.9. The molecule has 0 radical (unpaired) electrons. The summed E-state index contributed by atoms with van der Waals surface area (Å²) in [4.78, 5) is 20.1. The summed E-state index contributed by atoms with van der Waals surface area (Å²) in [6.45, 7) is 1.93. The van der Waals surface area contributed by atoms with Gasteiger partial charge in [0.25, 0.3) is 0 Å². The third kappa shape index (κ3) is 2.46. The van der Waals surface area contributed by atoms with Crippen molar-refractivity contribution >= 4 is 27.7 Å². The number of ether oxygens (including phenoxy) is 1. The lowest BCUT2D eigenvalue weighted by Crippen LogP contribution is -2.08. The standard InChI is InChI=1S/C12H13BrN4O2/c1-3-8-16-10(12(18)19-2)11(14)17(8)9-5-4-7(13)6-15-9/h4-6H,3,14H2,1-2H3. The van der Waals surface area contributed by atoms with Crippen molar-refractivity contribution in [2.45, 2.75) is 13.3 Å². The zero-order chi connectivity index (χ0) is 14.0. The highest BCUT2D eigenvalue weighted by Crippen LogP contribution is 2.21. The lowest BCUT2D eigenvalue weighted by Gasteiger charge is -2.07. The molecular weight excluding hydrogens is 312 g/mol. The van der Waals surface area contributed by atoms with Crippen LogP contribution >= 0.6 is 15.9 Å². The second-order valence-electron chi connectivity index (χ2n) is 3.78. The highest BCUT2D eigenvalue weighted by molar-refractivity contribution is 9.10. The van der Waals surface area contributed by atoms with Crippen LogP contribution in [0.5, 0.6) is 0 Å². The van der Waals surface area contributed by atoms with E-state index < -0.39 is 5.97 Å². The van der Waals surface area contributed by atoms with Crippen LogP contribution < -0.4 is 5.73 Å². The predicted molar refractivity (Wildman–Crippen MR) is 74.2 cm³/mol. The first kappa shape index (κ1) is 13.5. The molecule has 2 aromatic rings. The van der Waals surface area contributed by atoms with Gasteiger partial charge in [-0.3, -0.25) is 4.57 Å². The van der Waals surface area contributed by atoms with Crippen LogP contribution in [-0.2, 0) is 11.2 Å². The van der Waals surface area contributed by atoms with Crippen molar-refractivity contribution in [1.82, 2.24) is 14.5 Å². The van der Waals surface area contributed by atoms with E-state index in [0.717, 1.165) is 4.47 Å². The number of hydrogen-bond donors (Lipinski definition) is 1. The normalized spacial score (nSPS) is 10.5. The quantitative estimate of drug-likeness (QED) is 0.872. The van der Waals surface area contributed by atoms with Gasteiger partial charge in [0.05, 0.1) is 7.11 Å². The number of hydrogen-bond acceptors (Lipinski definition) is 5. The lowest BCUT2D eigenvalue weighted by atomic mass is 10.4. The van der Waals surface area contributed by atoms with E-state index in [1.807, 2.05) is 13.0 Å². The van der Waals surface area contributed by atoms with Crippen LogP contribution in [0, 0.1) is 0 Å². The molecule has 100 valence electrons. The number of rotatable bonds is 3. The van der Waals surface area contributed by atoms with Crippen molar-refractivity contribution in [2.75, 3.05) is 12.8 Å². The maximum atomic E-state index is 11.6. The topological polar surface area (TPSA) is 83.0 Å². The van der Waals surface area contributed by atoms with Crippen molar-refractivity contribution in [3.8, 4) is 5.82 Å². The number of halogens is 1. The molecule has 0 spiro atoms. The summed E-state index contributed by atoms with van der Waals surface area (Å²) in [7, 11) is 1.30. The molecule has 0 aliphatic carbocycles. The van der Waals surface area contributed by atoms with Crippen LogP contribution in [0.1, 0.15) is 23.2 Å². The Kier molecular flexibility index (Phi) is 3.84. The molecule has 0 amide bonds. The van der Waals surface area contributed by atoms with Gasteiger partial charge in [-0.05, 0) is 28.1 Å². The number of methoxy groups -OCH3 is 1. The number of carbonyl (C=O) groups excluding carboxylic acids is 1. The minimum absolute atomic E-state index is 0.115. The van der Waals surface area contributed by atoms with Gasteiger partial charge in [0, 0.05) is 17.1 Å². The fourth-order valence-corrected chi connectivity index (χ4v) is 1.96. The first-order valence-corrected chi connectivity index (χ1v) is 6.45. The summed E-state index contributed by atoms with van der Waals surface area (Å²) in [5, 5.41) is 0. The van der Waals surface area contributed by atoms with Gasteiger partial charge in [0.2, 0.25) is 0 Å². The molecule has 6 nitrogen and oxygen atoms in total. The number of imidazole rings is 1. The van der Waals surface area contributed by atoms with Crippen molar-refractivity contribution in [3.05, 3.63) is 34.3 Å². The fourth-order valence-electron chi connectivity index (χ4n) is 1.72. The van der Waals surface area contributed by atoms with Crippen LogP contribution in [0.15, 0.2) is 22.8 Å². The van der Waals surface area contributed by atoms with Gasteiger partial charge in [-0.25, -0.2) is 14.8 Å². The van der Waals surface area contributed by atoms with Crippen LogP contribution in [0.2, 0.25) is 0 Å². The average molecular weight is 325 g/mol. The van der Waals surface area contributed by atoms with Gasteiger partial charge in [0.1, 0.15) is 17.5 Å². The second kappa shape index (κ2) is 5.40. The summed E-state index contributed by atoms with van der Waals surface area (Å²) < 4.78 is 7.18. The Morgan fingerprint density at radius 1 is 1.53 bits per heavy atom. The Balaban J connectivity index is 2.59. The number of anilines is 1. The molecule has 0 bridgehead atoms. The molecule has 0 saturated heterocycles. The molecular formula is C12H13BrN4O2. The SMILES string of the molecule is CCc1nc(C(=O)OC)c(N)n1-c1ccc(Br)cn1. The summed E-state index contributed by atoms with van der Waals surface area (Å²) >= 11 is 3.32. The number of esters is 1. The minimum atomic E-state index is -0.553. The van der Waals surface area contributed by atoms with E-state index in [0.29, 0.717) is 18.1 Å². The molecule has 0 aromatic carbocycles. The molecule has 2 heterocycles. The number of nitrogen functional groups attached to an aromatic ring is 1. The molecule has 19 heavy (non-hydrogen) atoms. The van der Waals surface area contributed by atoms with E-state index in [9.17, 15) is 4.79 Å². The molecule has 0 aliphatic heterocycles. The summed E-state index contributed by atoms with van der Waals surface area (Å²) in [6, 6.07) is 3.64. The van der Waals surface area contributed by atoms with Crippen LogP contribution in [0.4, 0.5) is 5.82 Å². The van der Waals surface area contributed by atoms with Crippen molar-refractivity contribution < 1.29 is 9.53 Å². The zero-order valence-corrected chi connectivity index (χ0v) is 12.1.